The Morgan fingerprint density at radius 2 is 1.84 bits per heavy atom. The number of carbonyl (C=O) groups excluding carboxylic acids is 1. The molecule has 1 aliphatic heterocycles. The highest BCUT2D eigenvalue weighted by Crippen LogP contribution is 2.20. The second-order valence-electron chi connectivity index (χ2n) is 8.55. The molecule has 0 aromatic carbocycles. The molecule has 8 heteroatoms. The Bertz CT molecular complexity index is 748. The second kappa shape index (κ2) is 14.2. The van der Waals surface area contributed by atoms with Crippen LogP contribution in [0.1, 0.15) is 75.1 Å². The van der Waals surface area contributed by atoms with Crippen molar-refractivity contribution in [1.29, 1.82) is 0 Å². The number of amides is 1. The SMILES string of the molecule is CCCCCCN1CCC(CNC(=O)c2cc(Cl)c(N)n(CCCCCBr)c2=O)CC1. The van der Waals surface area contributed by atoms with Gasteiger partial charge in [0.25, 0.3) is 11.5 Å². The van der Waals surface area contributed by atoms with Crippen LogP contribution in [0, 0.1) is 5.92 Å². The van der Waals surface area contributed by atoms with Gasteiger partial charge in [-0.15, -0.1) is 0 Å². The van der Waals surface area contributed by atoms with E-state index >= 15 is 0 Å². The fraction of sp³-hybridized carbons (Fsp3) is 0.739. The van der Waals surface area contributed by atoms with E-state index in [9.17, 15) is 9.59 Å². The number of rotatable bonds is 13. The third kappa shape index (κ3) is 8.43. The van der Waals surface area contributed by atoms with Gasteiger partial charge in [-0.1, -0.05) is 60.1 Å². The first kappa shape index (κ1) is 26.2. The zero-order valence-electron chi connectivity index (χ0n) is 18.8. The molecule has 1 fully saturated rings. The number of pyridine rings is 1. The maximum Gasteiger partial charge on any atom is 0.265 e. The van der Waals surface area contributed by atoms with Crippen LogP contribution in [0.25, 0.3) is 0 Å². The zero-order chi connectivity index (χ0) is 22.6. The summed E-state index contributed by atoms with van der Waals surface area (Å²) in [5.41, 5.74) is 5.72. The van der Waals surface area contributed by atoms with Crippen LogP contribution in [0.3, 0.4) is 0 Å². The monoisotopic (exact) mass is 516 g/mol. The van der Waals surface area contributed by atoms with Gasteiger partial charge in [0.1, 0.15) is 11.4 Å². The standard InChI is InChI=1S/C23H38BrClN4O2/c1-2-3-4-7-12-28-14-9-18(10-15-28)17-27-22(30)19-16-20(25)21(26)29(23(19)31)13-8-5-6-11-24/h16,18H,2-15,17,26H2,1H3,(H,27,30). The zero-order valence-corrected chi connectivity index (χ0v) is 21.1. The third-order valence-corrected chi connectivity index (χ3v) is 6.99. The predicted octanol–water partition coefficient (Wildman–Crippen LogP) is 4.67. The van der Waals surface area contributed by atoms with E-state index < -0.39 is 0 Å². The molecule has 2 heterocycles. The Kier molecular flexibility index (Phi) is 12.0. The lowest BCUT2D eigenvalue weighted by Crippen LogP contribution is -2.40. The lowest BCUT2D eigenvalue weighted by Gasteiger charge is -2.32. The van der Waals surface area contributed by atoms with Gasteiger partial charge >= 0.3 is 0 Å². The number of aromatic nitrogens is 1. The number of halogens is 2. The van der Waals surface area contributed by atoms with Crippen molar-refractivity contribution < 1.29 is 4.79 Å². The van der Waals surface area contributed by atoms with Gasteiger partial charge in [-0.05, 0) is 63.7 Å². The van der Waals surface area contributed by atoms with Gasteiger partial charge in [0.15, 0.2) is 0 Å². The summed E-state index contributed by atoms with van der Waals surface area (Å²) in [6, 6.07) is 1.41. The molecule has 0 radical (unpaired) electrons. The van der Waals surface area contributed by atoms with Crippen molar-refractivity contribution in [3.8, 4) is 0 Å². The number of likely N-dealkylation sites (tertiary alicyclic amines) is 1. The molecule has 1 aliphatic rings. The summed E-state index contributed by atoms with van der Waals surface area (Å²) in [5.74, 6) is 0.322. The van der Waals surface area contributed by atoms with Crippen molar-refractivity contribution in [1.82, 2.24) is 14.8 Å². The van der Waals surface area contributed by atoms with Crippen molar-refractivity contribution in [3.05, 3.63) is 27.0 Å². The van der Waals surface area contributed by atoms with Gasteiger partial charge < -0.3 is 16.0 Å². The molecule has 6 nitrogen and oxygen atoms in total. The van der Waals surface area contributed by atoms with Crippen molar-refractivity contribution in [2.75, 3.05) is 37.2 Å². The molecule has 176 valence electrons. The number of hydrogen-bond acceptors (Lipinski definition) is 4. The van der Waals surface area contributed by atoms with Crippen LogP contribution in [-0.2, 0) is 6.54 Å². The molecule has 0 unspecified atom stereocenters. The molecule has 1 aromatic heterocycles. The highest BCUT2D eigenvalue weighted by molar-refractivity contribution is 9.09. The van der Waals surface area contributed by atoms with Crippen LogP contribution in [0.2, 0.25) is 5.02 Å². The summed E-state index contributed by atoms with van der Waals surface area (Å²) in [4.78, 5) is 28.1. The average molecular weight is 518 g/mol. The number of piperidine rings is 1. The lowest BCUT2D eigenvalue weighted by molar-refractivity contribution is 0.0934. The minimum absolute atomic E-state index is 0.0769. The molecule has 0 saturated carbocycles. The fourth-order valence-corrected chi connectivity index (χ4v) is 4.69. The molecule has 0 bridgehead atoms. The quantitative estimate of drug-likeness (QED) is 0.294. The Balaban J connectivity index is 1.85. The first-order chi connectivity index (χ1) is 15.0. The highest BCUT2D eigenvalue weighted by atomic mass is 79.9. The van der Waals surface area contributed by atoms with Crippen LogP contribution in [0.5, 0.6) is 0 Å². The molecule has 31 heavy (non-hydrogen) atoms. The van der Waals surface area contributed by atoms with Crippen LogP contribution in [0.15, 0.2) is 10.9 Å². The molecule has 3 N–H and O–H groups in total. The van der Waals surface area contributed by atoms with Crippen LogP contribution in [0.4, 0.5) is 5.82 Å². The maximum atomic E-state index is 12.8. The van der Waals surface area contributed by atoms with Gasteiger partial charge in [0, 0.05) is 18.4 Å². The number of nitrogens with one attached hydrogen (secondary N) is 1. The Labute approximate surface area is 200 Å². The van der Waals surface area contributed by atoms with E-state index in [1.54, 1.807) is 0 Å². The molecular weight excluding hydrogens is 480 g/mol. The van der Waals surface area contributed by atoms with Crippen molar-refractivity contribution in [2.24, 2.45) is 5.92 Å². The van der Waals surface area contributed by atoms with Crippen LogP contribution < -0.4 is 16.6 Å². The number of hydrogen-bond donors (Lipinski definition) is 2. The maximum absolute atomic E-state index is 12.8. The summed E-state index contributed by atoms with van der Waals surface area (Å²) in [6.45, 7) is 6.64. The Morgan fingerprint density at radius 1 is 1.16 bits per heavy atom. The Hall–Kier alpha value is -1.05. The van der Waals surface area contributed by atoms with Crippen molar-refractivity contribution >= 4 is 39.3 Å². The molecule has 0 atom stereocenters. The number of alkyl halides is 1. The van der Waals surface area contributed by atoms with E-state index in [2.05, 4.69) is 33.1 Å². The highest BCUT2D eigenvalue weighted by Gasteiger charge is 2.21. The van der Waals surface area contributed by atoms with Gasteiger partial charge in [-0.25, -0.2) is 0 Å². The molecule has 1 aromatic rings. The van der Waals surface area contributed by atoms with Gasteiger partial charge in [-0.3, -0.25) is 14.2 Å². The summed E-state index contributed by atoms with van der Waals surface area (Å²) in [6.07, 6.45) is 10.1. The number of unbranched alkanes of at least 4 members (excludes halogenated alkanes) is 5. The number of nitrogen functional groups attached to an aromatic ring is 1. The van der Waals surface area contributed by atoms with Crippen molar-refractivity contribution in [2.45, 2.75) is 71.3 Å². The van der Waals surface area contributed by atoms with E-state index in [0.717, 1.165) is 50.5 Å². The topological polar surface area (TPSA) is 80.4 Å². The summed E-state index contributed by atoms with van der Waals surface area (Å²) >= 11 is 9.63. The molecule has 1 amide bonds. The van der Waals surface area contributed by atoms with E-state index in [-0.39, 0.29) is 27.9 Å². The molecule has 0 aliphatic carbocycles. The predicted molar refractivity (Wildman–Crippen MR) is 133 cm³/mol. The van der Waals surface area contributed by atoms with Gasteiger partial charge in [0.05, 0.1) is 5.02 Å². The largest absolute Gasteiger partial charge is 0.384 e. The van der Waals surface area contributed by atoms with E-state index in [0.29, 0.717) is 19.0 Å². The number of nitrogens with zero attached hydrogens (tertiary/aromatic N) is 2. The number of anilines is 1. The number of carbonyl (C=O) groups is 1. The minimum atomic E-state index is -0.361. The molecule has 2 rings (SSSR count). The van der Waals surface area contributed by atoms with Gasteiger partial charge in [0.2, 0.25) is 0 Å². The summed E-state index contributed by atoms with van der Waals surface area (Å²) in [5, 5.41) is 4.14. The fourth-order valence-electron chi connectivity index (χ4n) is 4.08. The molecular formula is C23H38BrClN4O2. The van der Waals surface area contributed by atoms with E-state index in [1.165, 1.54) is 42.9 Å². The summed E-state index contributed by atoms with van der Waals surface area (Å²) in [7, 11) is 0. The van der Waals surface area contributed by atoms with E-state index in [1.807, 2.05) is 0 Å². The third-order valence-electron chi connectivity index (χ3n) is 6.13. The normalized spacial score (nSPS) is 15.3. The first-order valence-electron chi connectivity index (χ1n) is 11.7. The number of nitrogens with two attached hydrogens (primary N) is 1. The Morgan fingerprint density at radius 3 is 2.52 bits per heavy atom. The average Bonchev–Trinajstić information content (AvgIpc) is 2.78. The smallest absolute Gasteiger partial charge is 0.265 e. The van der Waals surface area contributed by atoms with Crippen LogP contribution in [-0.4, -0.2) is 46.9 Å². The van der Waals surface area contributed by atoms with Gasteiger partial charge in [-0.2, -0.15) is 0 Å². The minimum Gasteiger partial charge on any atom is -0.384 e. The lowest BCUT2D eigenvalue weighted by atomic mass is 9.96. The van der Waals surface area contributed by atoms with E-state index in [4.69, 9.17) is 17.3 Å². The molecule has 0 spiro atoms. The molecule has 1 saturated heterocycles. The van der Waals surface area contributed by atoms with Crippen LogP contribution >= 0.6 is 27.5 Å². The first-order valence-corrected chi connectivity index (χ1v) is 13.2. The van der Waals surface area contributed by atoms with Crippen molar-refractivity contribution in [3.63, 3.8) is 0 Å². The second-order valence-corrected chi connectivity index (χ2v) is 9.75. The summed E-state index contributed by atoms with van der Waals surface area (Å²) < 4.78 is 1.43.